The molecular weight excluding hydrogens is 412 g/mol. The van der Waals surface area contributed by atoms with Crippen LogP contribution in [0.5, 0.6) is 11.5 Å². The van der Waals surface area contributed by atoms with Gasteiger partial charge in [0.1, 0.15) is 5.70 Å². The van der Waals surface area contributed by atoms with Crippen molar-refractivity contribution in [2.45, 2.75) is 32.9 Å². The van der Waals surface area contributed by atoms with Crippen molar-refractivity contribution in [1.82, 2.24) is 10.3 Å². The molecule has 0 aromatic heterocycles. The van der Waals surface area contributed by atoms with Gasteiger partial charge in [-0.25, -0.2) is 5.01 Å². The number of hydrogen-bond acceptors (Lipinski definition) is 7. The number of nitrogens with zero attached hydrogens (tertiary/aromatic N) is 3. The number of carbonyl (C=O) groups is 1. The summed E-state index contributed by atoms with van der Waals surface area (Å²) in [4.78, 5) is 18.0. The van der Waals surface area contributed by atoms with E-state index < -0.39 is 6.17 Å². The molecule has 1 amide bonds. The largest absolute Gasteiger partial charge is 0.493 e. The second-order valence-electron chi connectivity index (χ2n) is 7.12. The van der Waals surface area contributed by atoms with Gasteiger partial charge in [0.05, 0.1) is 19.1 Å². The number of benzene rings is 2. The van der Waals surface area contributed by atoms with Crippen LogP contribution in [0.2, 0.25) is 0 Å². The van der Waals surface area contributed by atoms with Crippen molar-refractivity contribution in [2.24, 2.45) is 10.1 Å². The van der Waals surface area contributed by atoms with Crippen LogP contribution in [0.3, 0.4) is 0 Å². The molecule has 31 heavy (non-hydrogen) atoms. The Balaban J connectivity index is 1.82. The minimum atomic E-state index is -0.484. The number of carbonyl (C=O) groups excluding carboxylic acids is 1. The van der Waals surface area contributed by atoms with Gasteiger partial charge in [-0.3, -0.25) is 15.1 Å². The third-order valence-corrected chi connectivity index (χ3v) is 5.99. The Labute approximate surface area is 185 Å². The summed E-state index contributed by atoms with van der Waals surface area (Å²) in [5.41, 5.74) is 1.37. The number of amidine groups is 1. The lowest BCUT2D eigenvalue weighted by Crippen LogP contribution is -2.50. The second-order valence-corrected chi connectivity index (χ2v) is 8.20. The summed E-state index contributed by atoms with van der Waals surface area (Å²) >= 11 is 1.55. The summed E-state index contributed by atoms with van der Waals surface area (Å²) in [7, 11) is 1.61. The highest BCUT2D eigenvalue weighted by molar-refractivity contribution is 8.13. The molecule has 8 heteroatoms. The van der Waals surface area contributed by atoms with Gasteiger partial charge in [0.2, 0.25) is 0 Å². The first kappa shape index (κ1) is 21.2. The summed E-state index contributed by atoms with van der Waals surface area (Å²) in [6.45, 7) is 4.62. The van der Waals surface area contributed by atoms with Crippen LogP contribution >= 0.6 is 11.8 Å². The first-order chi connectivity index (χ1) is 15.2. The fourth-order valence-corrected chi connectivity index (χ4v) is 4.48. The van der Waals surface area contributed by atoms with Crippen LogP contribution in [-0.2, 0) is 4.79 Å². The van der Waals surface area contributed by atoms with E-state index in [1.54, 1.807) is 23.9 Å². The van der Waals surface area contributed by atoms with Crippen LogP contribution in [0.4, 0.5) is 0 Å². The predicted molar refractivity (Wildman–Crippen MR) is 122 cm³/mol. The zero-order valence-corrected chi connectivity index (χ0v) is 18.7. The average Bonchev–Trinajstić information content (AvgIpc) is 2.79. The summed E-state index contributed by atoms with van der Waals surface area (Å²) < 4.78 is 11.2. The van der Waals surface area contributed by atoms with Gasteiger partial charge in [0.25, 0.3) is 5.91 Å². The molecule has 0 fully saturated rings. The molecule has 2 aliphatic heterocycles. The average molecular weight is 439 g/mol. The molecule has 2 aromatic rings. The molecule has 1 atom stereocenters. The molecule has 2 aromatic carbocycles. The number of amides is 1. The number of nitrogens with one attached hydrogen (secondary N) is 1. The maximum Gasteiger partial charge on any atom is 0.276 e. The number of methoxy groups -OCH3 is 1. The molecule has 0 aliphatic carbocycles. The number of unbranched alkanes of at least 4 members (excludes halogenated alkanes) is 1. The van der Waals surface area contributed by atoms with E-state index in [1.165, 1.54) is 0 Å². The summed E-state index contributed by atoms with van der Waals surface area (Å²) in [5.74, 6) is 2.02. The fourth-order valence-electron chi connectivity index (χ4n) is 3.54. The molecule has 0 spiro atoms. The van der Waals surface area contributed by atoms with Gasteiger partial charge in [0, 0.05) is 16.5 Å². The smallest absolute Gasteiger partial charge is 0.276 e. The zero-order chi connectivity index (χ0) is 21.8. The highest BCUT2D eigenvalue weighted by Crippen LogP contribution is 2.36. The molecule has 2 aliphatic rings. The van der Waals surface area contributed by atoms with Crippen LogP contribution < -0.4 is 25.4 Å². The first-order valence-corrected chi connectivity index (χ1v) is 11.4. The van der Waals surface area contributed by atoms with E-state index in [4.69, 9.17) is 19.6 Å². The van der Waals surface area contributed by atoms with Crippen molar-refractivity contribution in [3.8, 4) is 11.5 Å². The molecule has 162 valence electrons. The molecule has 0 saturated carbocycles. The van der Waals surface area contributed by atoms with E-state index in [9.17, 15) is 4.79 Å². The number of hydrogen-bond donors (Lipinski definition) is 1. The third-order valence-electron chi connectivity index (χ3n) is 5.04. The van der Waals surface area contributed by atoms with Crippen molar-refractivity contribution in [3.05, 3.63) is 58.6 Å². The molecule has 4 rings (SSSR count). The van der Waals surface area contributed by atoms with Crippen molar-refractivity contribution >= 4 is 28.5 Å². The zero-order valence-electron chi connectivity index (χ0n) is 17.9. The van der Waals surface area contributed by atoms with Crippen LogP contribution in [0.1, 0.15) is 38.4 Å². The molecule has 7 nitrogen and oxygen atoms in total. The van der Waals surface area contributed by atoms with E-state index in [0.717, 1.165) is 34.7 Å². The number of fused-ring (bicyclic) bond motifs is 2. The second kappa shape index (κ2) is 9.43. The number of thioether (sulfide) groups is 1. The summed E-state index contributed by atoms with van der Waals surface area (Å²) in [5, 5.41) is 11.6. The maximum atomic E-state index is 13.1. The number of ether oxygens (including phenoxy) is 2. The first-order valence-electron chi connectivity index (χ1n) is 10.5. The van der Waals surface area contributed by atoms with E-state index >= 15 is 0 Å². The number of para-hydroxylation sites is 1. The summed E-state index contributed by atoms with van der Waals surface area (Å²) in [6.07, 6.45) is 1.66. The summed E-state index contributed by atoms with van der Waals surface area (Å²) in [6, 6.07) is 13.4. The van der Waals surface area contributed by atoms with Gasteiger partial charge in [-0.15, -0.1) is 5.10 Å². The third kappa shape index (κ3) is 4.25. The van der Waals surface area contributed by atoms with Gasteiger partial charge in [0.15, 0.2) is 22.8 Å². The predicted octanol–water partition coefficient (Wildman–Crippen LogP) is 2.77. The normalized spacial score (nSPS) is 17.2. The Bertz CT molecular complexity index is 1130. The topological polar surface area (TPSA) is 75.5 Å². The van der Waals surface area contributed by atoms with Crippen molar-refractivity contribution in [2.75, 3.05) is 19.5 Å². The number of hydrazone groups is 1. The van der Waals surface area contributed by atoms with Crippen LogP contribution in [0.15, 0.2) is 52.6 Å². The Hall–Kier alpha value is -3.00. The van der Waals surface area contributed by atoms with E-state index in [-0.39, 0.29) is 5.91 Å². The van der Waals surface area contributed by atoms with E-state index in [0.29, 0.717) is 29.0 Å². The minimum absolute atomic E-state index is 0.167. The Kier molecular flexibility index (Phi) is 6.46. The molecule has 0 radical (unpaired) electrons. The van der Waals surface area contributed by atoms with E-state index in [1.807, 2.05) is 49.4 Å². The lowest BCUT2D eigenvalue weighted by molar-refractivity contribution is -0.116. The molecular formula is C23H26N4O3S. The SMILES string of the molecule is CCCCSC1=NN2C(=c3ccccc3=N[C@@H]2c2ccc(OCC)c(OC)c2)C(=O)N1. The lowest BCUT2D eigenvalue weighted by atomic mass is 10.1. The van der Waals surface area contributed by atoms with E-state index in [2.05, 4.69) is 12.2 Å². The van der Waals surface area contributed by atoms with Gasteiger partial charge >= 0.3 is 0 Å². The monoisotopic (exact) mass is 438 g/mol. The molecule has 1 N–H and O–H groups in total. The van der Waals surface area contributed by atoms with Crippen molar-refractivity contribution < 1.29 is 14.3 Å². The van der Waals surface area contributed by atoms with Crippen molar-refractivity contribution in [1.29, 1.82) is 0 Å². The highest BCUT2D eigenvalue weighted by Gasteiger charge is 2.34. The molecule has 2 heterocycles. The van der Waals surface area contributed by atoms with Gasteiger partial charge < -0.3 is 9.47 Å². The van der Waals surface area contributed by atoms with Crippen LogP contribution in [-0.4, -0.2) is 35.6 Å². The highest BCUT2D eigenvalue weighted by atomic mass is 32.2. The van der Waals surface area contributed by atoms with Gasteiger partial charge in [-0.1, -0.05) is 49.4 Å². The van der Waals surface area contributed by atoms with Crippen molar-refractivity contribution in [3.63, 3.8) is 0 Å². The Morgan fingerprint density at radius 1 is 1.16 bits per heavy atom. The van der Waals surface area contributed by atoms with Crippen LogP contribution in [0.25, 0.3) is 5.70 Å². The fraction of sp³-hybridized carbons (Fsp3) is 0.348. The molecule has 0 bridgehead atoms. The Morgan fingerprint density at radius 2 is 2.00 bits per heavy atom. The molecule has 0 unspecified atom stereocenters. The molecule has 0 saturated heterocycles. The Morgan fingerprint density at radius 3 is 2.77 bits per heavy atom. The lowest BCUT2D eigenvalue weighted by Gasteiger charge is -2.34. The van der Waals surface area contributed by atoms with Crippen LogP contribution in [0, 0.1) is 0 Å². The minimum Gasteiger partial charge on any atom is -0.493 e. The number of rotatable bonds is 7. The standard InChI is InChI=1S/C23H26N4O3S/c1-4-6-13-31-23-25-22(28)20-16-9-7-8-10-17(16)24-21(27(20)26-23)15-11-12-18(30-5-2)19(14-15)29-3/h7-12,14,21H,4-6,13H2,1-3H3,(H,25,26,28)/t21-/m0/s1. The maximum absolute atomic E-state index is 13.1. The van der Waals surface area contributed by atoms with Gasteiger partial charge in [-0.2, -0.15) is 0 Å². The van der Waals surface area contributed by atoms with Gasteiger partial charge in [-0.05, 0) is 31.5 Å². The quantitative estimate of drug-likeness (QED) is 0.673.